The fourth-order valence-corrected chi connectivity index (χ4v) is 1.52. The first-order chi connectivity index (χ1) is 4.84. The Kier molecular flexibility index (Phi) is 3.13. The first-order valence-corrected chi connectivity index (χ1v) is 4.19. The maximum absolute atomic E-state index is 13.0. The van der Waals surface area contributed by atoms with Gasteiger partial charge in [-0.1, -0.05) is 6.92 Å². The summed E-state index contributed by atoms with van der Waals surface area (Å²) in [4.78, 5) is 0. The molecule has 2 atom stereocenters. The molecule has 1 unspecified atom stereocenters. The lowest BCUT2D eigenvalue weighted by molar-refractivity contribution is 0.187. The third kappa shape index (κ3) is 1.94. The van der Waals surface area contributed by atoms with Crippen molar-refractivity contribution in [1.82, 2.24) is 5.32 Å². The van der Waals surface area contributed by atoms with Gasteiger partial charge in [0.25, 0.3) is 0 Å². The maximum atomic E-state index is 13.0. The van der Waals surface area contributed by atoms with E-state index in [0.717, 1.165) is 25.9 Å². The van der Waals surface area contributed by atoms with Crippen LogP contribution in [0.4, 0.5) is 4.39 Å². The van der Waals surface area contributed by atoms with Gasteiger partial charge < -0.3 is 5.32 Å². The van der Waals surface area contributed by atoms with Crippen LogP contribution in [0.15, 0.2) is 0 Å². The third-order valence-electron chi connectivity index (χ3n) is 2.24. The maximum Gasteiger partial charge on any atom is 0.104 e. The highest BCUT2D eigenvalue weighted by Crippen LogP contribution is 2.18. The van der Waals surface area contributed by atoms with Crippen molar-refractivity contribution in [1.29, 1.82) is 0 Å². The van der Waals surface area contributed by atoms with Gasteiger partial charge in [0.05, 0.1) is 0 Å². The van der Waals surface area contributed by atoms with Crippen molar-refractivity contribution in [3.8, 4) is 0 Å². The molecule has 1 N–H and O–H groups in total. The van der Waals surface area contributed by atoms with Crippen LogP contribution in [0.3, 0.4) is 0 Å². The van der Waals surface area contributed by atoms with Crippen molar-refractivity contribution in [2.24, 2.45) is 5.92 Å². The summed E-state index contributed by atoms with van der Waals surface area (Å²) in [6, 6.07) is 0. The number of alkyl halides is 1. The molecule has 1 fully saturated rings. The van der Waals surface area contributed by atoms with Crippen molar-refractivity contribution in [2.75, 3.05) is 13.1 Å². The van der Waals surface area contributed by atoms with E-state index >= 15 is 0 Å². The Balaban J connectivity index is 2.24. The minimum Gasteiger partial charge on any atom is -0.316 e. The predicted molar refractivity (Wildman–Crippen MR) is 40.8 cm³/mol. The van der Waals surface area contributed by atoms with Crippen molar-refractivity contribution >= 4 is 0 Å². The van der Waals surface area contributed by atoms with Gasteiger partial charge in [-0.25, -0.2) is 4.39 Å². The smallest absolute Gasteiger partial charge is 0.104 e. The minimum absolute atomic E-state index is 0.291. The molecule has 0 bridgehead atoms. The summed E-state index contributed by atoms with van der Waals surface area (Å²) in [5, 5.41) is 3.21. The van der Waals surface area contributed by atoms with E-state index in [9.17, 15) is 4.39 Å². The zero-order valence-corrected chi connectivity index (χ0v) is 6.57. The van der Waals surface area contributed by atoms with E-state index in [1.165, 1.54) is 0 Å². The second-order valence-electron chi connectivity index (χ2n) is 3.03. The van der Waals surface area contributed by atoms with Crippen molar-refractivity contribution < 1.29 is 4.39 Å². The monoisotopic (exact) mass is 145 g/mol. The Morgan fingerprint density at radius 2 is 2.50 bits per heavy atom. The SMILES string of the molecule is CC[C@@H](F)C1CCCNC1. The quantitative estimate of drug-likeness (QED) is 0.624. The van der Waals surface area contributed by atoms with E-state index < -0.39 is 6.17 Å². The Morgan fingerprint density at radius 1 is 1.70 bits per heavy atom. The summed E-state index contributed by atoms with van der Waals surface area (Å²) in [5.41, 5.74) is 0. The average Bonchev–Trinajstić information content (AvgIpc) is 2.05. The number of nitrogens with one attached hydrogen (secondary N) is 1. The molecule has 2 heteroatoms. The second kappa shape index (κ2) is 3.91. The molecule has 60 valence electrons. The third-order valence-corrected chi connectivity index (χ3v) is 2.24. The van der Waals surface area contributed by atoms with Crippen LogP contribution in [-0.2, 0) is 0 Å². The standard InChI is InChI=1S/C8H16FN/c1-2-8(9)7-4-3-5-10-6-7/h7-8,10H,2-6H2,1H3/t7?,8-/m1/s1. The molecule has 0 aromatic carbocycles. The van der Waals surface area contributed by atoms with Crippen LogP contribution in [0, 0.1) is 5.92 Å². The molecule has 0 saturated carbocycles. The first-order valence-electron chi connectivity index (χ1n) is 4.19. The van der Waals surface area contributed by atoms with Crippen LogP contribution in [0.1, 0.15) is 26.2 Å². The lowest BCUT2D eigenvalue weighted by atomic mass is 9.93. The van der Waals surface area contributed by atoms with Crippen molar-refractivity contribution in [2.45, 2.75) is 32.4 Å². The minimum atomic E-state index is -0.576. The Morgan fingerprint density at radius 3 is 3.00 bits per heavy atom. The number of hydrogen-bond acceptors (Lipinski definition) is 1. The lowest BCUT2D eigenvalue weighted by Gasteiger charge is -2.24. The fraction of sp³-hybridized carbons (Fsp3) is 1.00. The van der Waals surface area contributed by atoms with Gasteiger partial charge in [0.1, 0.15) is 6.17 Å². The molecule has 1 rings (SSSR count). The molecule has 0 aromatic rings. The van der Waals surface area contributed by atoms with Gasteiger partial charge in [0.15, 0.2) is 0 Å². The zero-order chi connectivity index (χ0) is 7.40. The van der Waals surface area contributed by atoms with Crippen molar-refractivity contribution in [3.63, 3.8) is 0 Å². The van der Waals surface area contributed by atoms with E-state index in [0.29, 0.717) is 12.3 Å². The highest BCUT2D eigenvalue weighted by molar-refractivity contribution is 4.74. The molecule has 10 heavy (non-hydrogen) atoms. The number of piperidine rings is 1. The Labute approximate surface area is 62.0 Å². The fourth-order valence-electron chi connectivity index (χ4n) is 1.52. The van der Waals surface area contributed by atoms with Gasteiger partial charge in [-0.2, -0.15) is 0 Å². The molecule has 0 aromatic heterocycles. The largest absolute Gasteiger partial charge is 0.316 e. The van der Waals surface area contributed by atoms with E-state index in [2.05, 4.69) is 5.32 Å². The summed E-state index contributed by atoms with van der Waals surface area (Å²) in [6.45, 7) is 3.88. The molecule has 1 heterocycles. The van der Waals surface area contributed by atoms with Gasteiger partial charge in [0, 0.05) is 12.5 Å². The molecular formula is C8H16FN. The number of hydrogen-bond donors (Lipinski definition) is 1. The van der Waals surface area contributed by atoms with E-state index in [4.69, 9.17) is 0 Å². The summed E-state index contributed by atoms with van der Waals surface area (Å²) in [7, 11) is 0. The molecule has 0 radical (unpaired) electrons. The number of rotatable bonds is 2. The van der Waals surface area contributed by atoms with Gasteiger partial charge in [0.2, 0.25) is 0 Å². The molecule has 0 aliphatic carbocycles. The lowest BCUT2D eigenvalue weighted by Crippen LogP contribution is -2.34. The molecule has 1 saturated heterocycles. The molecule has 0 spiro atoms. The zero-order valence-electron chi connectivity index (χ0n) is 6.57. The Bertz CT molecular complexity index is 89.3. The molecule has 0 amide bonds. The van der Waals surface area contributed by atoms with E-state index in [-0.39, 0.29) is 0 Å². The molecule has 1 aliphatic heterocycles. The van der Waals surface area contributed by atoms with Gasteiger partial charge in [-0.05, 0) is 25.8 Å². The Hall–Kier alpha value is -0.110. The van der Waals surface area contributed by atoms with E-state index in [1.807, 2.05) is 6.92 Å². The van der Waals surface area contributed by atoms with Crippen LogP contribution in [0.25, 0.3) is 0 Å². The normalized spacial score (nSPS) is 30.0. The van der Waals surface area contributed by atoms with Crippen LogP contribution in [0.2, 0.25) is 0 Å². The van der Waals surface area contributed by atoms with Crippen LogP contribution in [0.5, 0.6) is 0 Å². The van der Waals surface area contributed by atoms with Gasteiger partial charge >= 0.3 is 0 Å². The van der Waals surface area contributed by atoms with Crippen LogP contribution in [-0.4, -0.2) is 19.3 Å². The van der Waals surface area contributed by atoms with Gasteiger partial charge in [-0.15, -0.1) is 0 Å². The second-order valence-corrected chi connectivity index (χ2v) is 3.03. The molecule has 1 nitrogen and oxygen atoms in total. The van der Waals surface area contributed by atoms with Crippen LogP contribution >= 0.6 is 0 Å². The molecular weight excluding hydrogens is 129 g/mol. The first kappa shape index (κ1) is 7.99. The number of halogens is 1. The highest BCUT2D eigenvalue weighted by atomic mass is 19.1. The summed E-state index contributed by atoms with van der Waals surface area (Å²) in [5.74, 6) is 0.291. The molecule has 1 aliphatic rings. The van der Waals surface area contributed by atoms with Crippen LogP contribution < -0.4 is 5.32 Å². The topological polar surface area (TPSA) is 12.0 Å². The van der Waals surface area contributed by atoms with Crippen molar-refractivity contribution in [3.05, 3.63) is 0 Å². The summed E-state index contributed by atoms with van der Waals surface area (Å²) < 4.78 is 13.0. The summed E-state index contributed by atoms with van der Waals surface area (Å²) >= 11 is 0. The van der Waals surface area contributed by atoms with E-state index in [1.54, 1.807) is 0 Å². The summed E-state index contributed by atoms with van der Waals surface area (Å²) in [6.07, 6.45) is 2.31. The predicted octanol–water partition coefficient (Wildman–Crippen LogP) is 1.73. The van der Waals surface area contributed by atoms with Gasteiger partial charge in [-0.3, -0.25) is 0 Å². The average molecular weight is 145 g/mol. The highest BCUT2D eigenvalue weighted by Gasteiger charge is 2.20.